The zero-order valence-electron chi connectivity index (χ0n) is 9.96. The summed E-state index contributed by atoms with van der Waals surface area (Å²) in [6, 6.07) is 2.96. The Morgan fingerprint density at radius 3 is 2.56 bits per heavy atom. The van der Waals surface area contributed by atoms with Crippen molar-refractivity contribution in [3.8, 4) is 0 Å². The number of carbonyl (C=O) groups is 1. The summed E-state index contributed by atoms with van der Waals surface area (Å²) in [5, 5.41) is -0.0562. The number of ketones is 1. The normalized spacial score (nSPS) is 10.9. The van der Waals surface area contributed by atoms with Gasteiger partial charge in [0.15, 0.2) is 11.2 Å². The molecule has 0 fully saturated rings. The molecule has 0 radical (unpaired) electrons. The molecule has 0 spiro atoms. The van der Waals surface area contributed by atoms with Crippen molar-refractivity contribution < 1.29 is 13.6 Å². The lowest BCUT2D eigenvalue weighted by atomic mass is 10.1. The Hall–Kier alpha value is -2.04. The lowest BCUT2D eigenvalue weighted by Gasteiger charge is -2.13. The number of nitrogens with zero attached hydrogens (tertiary/aromatic N) is 1. The second-order valence-corrected chi connectivity index (χ2v) is 4.22. The highest BCUT2D eigenvalue weighted by molar-refractivity contribution is 5.83. The van der Waals surface area contributed by atoms with Crippen molar-refractivity contribution in [2.45, 2.75) is 20.4 Å². The fraction of sp³-hybridized carbons (Fsp3) is 0.231. The summed E-state index contributed by atoms with van der Waals surface area (Å²) in [4.78, 5) is 22.9. The molecule has 1 aromatic carbocycles. The van der Waals surface area contributed by atoms with Crippen LogP contribution in [-0.4, -0.2) is 10.4 Å². The largest absolute Gasteiger partial charge is 0.335 e. The molecular weight excluding hydrogens is 240 g/mol. The number of fused-ring (bicyclic) bond motifs is 1. The van der Waals surface area contributed by atoms with E-state index in [9.17, 15) is 18.4 Å². The van der Waals surface area contributed by atoms with Gasteiger partial charge in [0, 0.05) is 17.8 Å². The fourth-order valence-electron chi connectivity index (χ4n) is 1.98. The molecular formula is C13H11F2NO2. The van der Waals surface area contributed by atoms with E-state index < -0.39 is 17.1 Å². The summed E-state index contributed by atoms with van der Waals surface area (Å²) < 4.78 is 28.3. The maximum absolute atomic E-state index is 13.8. The second-order valence-electron chi connectivity index (χ2n) is 4.22. The molecule has 2 rings (SSSR count). The maximum atomic E-state index is 13.8. The molecule has 0 bridgehead atoms. The summed E-state index contributed by atoms with van der Waals surface area (Å²) in [6.45, 7) is 2.92. The predicted molar refractivity (Wildman–Crippen MR) is 63.5 cm³/mol. The smallest absolute Gasteiger partial charge is 0.189 e. The van der Waals surface area contributed by atoms with E-state index >= 15 is 0 Å². The molecule has 94 valence electrons. The zero-order valence-corrected chi connectivity index (χ0v) is 9.96. The van der Waals surface area contributed by atoms with E-state index in [1.807, 2.05) is 0 Å². The van der Waals surface area contributed by atoms with E-state index in [1.54, 1.807) is 6.92 Å². The number of aryl methyl sites for hydroxylation is 1. The number of halogens is 2. The van der Waals surface area contributed by atoms with Crippen LogP contribution in [0.25, 0.3) is 10.9 Å². The van der Waals surface area contributed by atoms with Gasteiger partial charge in [0.1, 0.15) is 11.6 Å². The third-order valence-electron chi connectivity index (χ3n) is 2.71. The Morgan fingerprint density at radius 1 is 1.28 bits per heavy atom. The molecule has 0 aliphatic rings. The van der Waals surface area contributed by atoms with Gasteiger partial charge in [0.25, 0.3) is 0 Å². The van der Waals surface area contributed by atoms with Crippen molar-refractivity contribution in [3.63, 3.8) is 0 Å². The van der Waals surface area contributed by atoms with E-state index in [-0.39, 0.29) is 23.2 Å². The van der Waals surface area contributed by atoms with E-state index in [0.29, 0.717) is 11.8 Å². The van der Waals surface area contributed by atoms with E-state index in [1.165, 1.54) is 17.6 Å². The second kappa shape index (κ2) is 4.33. The predicted octanol–water partition coefficient (Wildman–Crippen LogP) is 2.18. The minimum absolute atomic E-state index is 0.0309. The quantitative estimate of drug-likeness (QED) is 0.820. The number of aromatic nitrogens is 1. The molecule has 0 saturated carbocycles. The summed E-state index contributed by atoms with van der Waals surface area (Å²) in [7, 11) is 0. The first-order valence-electron chi connectivity index (χ1n) is 5.39. The van der Waals surface area contributed by atoms with Gasteiger partial charge in [0.2, 0.25) is 0 Å². The van der Waals surface area contributed by atoms with Crippen molar-refractivity contribution in [3.05, 3.63) is 45.8 Å². The number of hydrogen-bond donors (Lipinski definition) is 0. The first-order chi connectivity index (χ1) is 8.40. The molecule has 0 atom stereocenters. The van der Waals surface area contributed by atoms with Gasteiger partial charge < -0.3 is 4.57 Å². The molecule has 18 heavy (non-hydrogen) atoms. The SMILES string of the molecule is CC(=O)Cn1c(C)cc(=O)c2cc(F)cc(F)c21. The molecule has 2 aromatic rings. The summed E-state index contributed by atoms with van der Waals surface area (Å²) in [6.07, 6.45) is 0. The Morgan fingerprint density at radius 2 is 1.94 bits per heavy atom. The van der Waals surface area contributed by atoms with Crippen molar-refractivity contribution in [2.75, 3.05) is 0 Å². The topological polar surface area (TPSA) is 39.1 Å². The van der Waals surface area contributed by atoms with Crippen molar-refractivity contribution in [1.82, 2.24) is 4.57 Å². The van der Waals surface area contributed by atoms with Crippen LogP contribution in [0.2, 0.25) is 0 Å². The minimum Gasteiger partial charge on any atom is -0.335 e. The molecule has 0 aliphatic carbocycles. The van der Waals surface area contributed by atoms with Crippen LogP contribution in [0, 0.1) is 18.6 Å². The molecule has 0 N–H and O–H groups in total. The zero-order chi connectivity index (χ0) is 13.4. The monoisotopic (exact) mass is 251 g/mol. The van der Waals surface area contributed by atoms with Gasteiger partial charge in [-0.05, 0) is 19.9 Å². The molecule has 5 heteroatoms. The van der Waals surface area contributed by atoms with Gasteiger partial charge in [-0.2, -0.15) is 0 Å². The molecule has 0 unspecified atom stereocenters. The van der Waals surface area contributed by atoms with Crippen LogP contribution in [0.1, 0.15) is 12.6 Å². The standard InChI is InChI=1S/C13H11F2NO2/c1-7-3-12(18)10-4-9(14)5-11(15)13(10)16(7)6-8(2)17/h3-5H,6H2,1-2H3. The summed E-state index contributed by atoms with van der Waals surface area (Å²) in [5.74, 6) is -1.82. The van der Waals surface area contributed by atoms with Crippen LogP contribution < -0.4 is 5.43 Å². The number of Topliss-reactive ketones (excluding diaryl/α,β-unsaturated/α-hetero) is 1. The van der Waals surface area contributed by atoms with Crippen LogP contribution in [0.3, 0.4) is 0 Å². The first kappa shape index (κ1) is 12.4. The average molecular weight is 251 g/mol. The van der Waals surface area contributed by atoms with E-state index in [0.717, 1.165) is 6.07 Å². The Bertz CT molecular complexity index is 704. The first-order valence-corrected chi connectivity index (χ1v) is 5.39. The Labute approximate surface area is 102 Å². The number of benzene rings is 1. The molecule has 3 nitrogen and oxygen atoms in total. The van der Waals surface area contributed by atoms with E-state index in [2.05, 4.69) is 0 Å². The van der Waals surface area contributed by atoms with Crippen LogP contribution in [0.5, 0.6) is 0 Å². The van der Waals surface area contributed by atoms with Gasteiger partial charge >= 0.3 is 0 Å². The van der Waals surface area contributed by atoms with Crippen LogP contribution >= 0.6 is 0 Å². The number of hydrogen-bond acceptors (Lipinski definition) is 2. The third-order valence-corrected chi connectivity index (χ3v) is 2.71. The van der Waals surface area contributed by atoms with Gasteiger partial charge in [0.05, 0.1) is 17.4 Å². The highest BCUT2D eigenvalue weighted by Gasteiger charge is 2.13. The number of pyridine rings is 1. The van der Waals surface area contributed by atoms with Crippen molar-refractivity contribution >= 4 is 16.7 Å². The lowest BCUT2D eigenvalue weighted by Crippen LogP contribution is -2.17. The van der Waals surface area contributed by atoms with Crippen LogP contribution in [0.15, 0.2) is 23.0 Å². The maximum Gasteiger partial charge on any atom is 0.189 e. The van der Waals surface area contributed by atoms with Gasteiger partial charge in [-0.15, -0.1) is 0 Å². The summed E-state index contributed by atoms with van der Waals surface area (Å²) in [5.41, 5.74) is -0.0227. The van der Waals surface area contributed by atoms with Gasteiger partial charge in [-0.3, -0.25) is 9.59 Å². The number of carbonyl (C=O) groups excluding carboxylic acids is 1. The molecule has 0 amide bonds. The minimum atomic E-state index is -0.841. The number of rotatable bonds is 2. The molecule has 0 aliphatic heterocycles. The van der Waals surface area contributed by atoms with Crippen molar-refractivity contribution in [1.29, 1.82) is 0 Å². The van der Waals surface area contributed by atoms with Gasteiger partial charge in [-0.25, -0.2) is 8.78 Å². The Balaban J connectivity index is 2.93. The van der Waals surface area contributed by atoms with Gasteiger partial charge in [-0.1, -0.05) is 0 Å². The molecule has 1 aromatic heterocycles. The Kier molecular flexibility index (Phi) is 2.98. The van der Waals surface area contributed by atoms with Crippen molar-refractivity contribution in [2.24, 2.45) is 0 Å². The summed E-state index contributed by atoms with van der Waals surface area (Å²) >= 11 is 0. The lowest BCUT2D eigenvalue weighted by molar-refractivity contribution is -0.117. The molecule has 1 heterocycles. The highest BCUT2D eigenvalue weighted by atomic mass is 19.1. The fourth-order valence-corrected chi connectivity index (χ4v) is 1.98. The van der Waals surface area contributed by atoms with Crippen LogP contribution in [0.4, 0.5) is 8.78 Å². The van der Waals surface area contributed by atoms with Crippen LogP contribution in [-0.2, 0) is 11.3 Å². The van der Waals surface area contributed by atoms with E-state index in [4.69, 9.17) is 0 Å². The third kappa shape index (κ3) is 2.03. The molecule has 0 saturated heterocycles. The highest BCUT2D eigenvalue weighted by Crippen LogP contribution is 2.18. The average Bonchev–Trinajstić information content (AvgIpc) is 2.23.